The van der Waals surface area contributed by atoms with Crippen LogP contribution in [0.5, 0.6) is 0 Å². The summed E-state index contributed by atoms with van der Waals surface area (Å²) in [6, 6.07) is 9.65. The molecule has 3 aromatic rings. The van der Waals surface area contributed by atoms with E-state index >= 15 is 0 Å². The largest absolute Gasteiger partial charge is 0.383 e. The first-order valence-electron chi connectivity index (χ1n) is 8.77. The van der Waals surface area contributed by atoms with Crippen LogP contribution >= 0.6 is 11.6 Å². The van der Waals surface area contributed by atoms with Crippen LogP contribution in [0.25, 0.3) is 10.9 Å². The smallest absolute Gasteiger partial charge is 0.224 e. The van der Waals surface area contributed by atoms with Gasteiger partial charge in [0.1, 0.15) is 5.82 Å². The van der Waals surface area contributed by atoms with Crippen molar-refractivity contribution < 1.29 is 0 Å². The minimum absolute atomic E-state index is 0.666. The van der Waals surface area contributed by atoms with Crippen molar-refractivity contribution in [2.75, 3.05) is 35.6 Å². The Hall–Kier alpha value is -2.60. The van der Waals surface area contributed by atoms with Crippen LogP contribution < -0.4 is 16.0 Å². The van der Waals surface area contributed by atoms with Crippen molar-refractivity contribution in [1.82, 2.24) is 15.0 Å². The number of aryl methyl sites for hydroxylation is 1. The molecule has 1 aromatic carbocycles. The van der Waals surface area contributed by atoms with Gasteiger partial charge in [0.2, 0.25) is 5.95 Å². The van der Waals surface area contributed by atoms with Gasteiger partial charge >= 0.3 is 0 Å². The molecule has 0 bridgehead atoms. The molecule has 0 aliphatic heterocycles. The van der Waals surface area contributed by atoms with Gasteiger partial charge in [0.15, 0.2) is 0 Å². The van der Waals surface area contributed by atoms with E-state index in [1.54, 1.807) is 6.20 Å². The molecular formula is C19H23ClN6. The van der Waals surface area contributed by atoms with Crippen molar-refractivity contribution in [1.29, 1.82) is 0 Å². The van der Waals surface area contributed by atoms with Crippen LogP contribution in [0.2, 0.25) is 5.02 Å². The average Bonchev–Trinajstić information content (AvgIpc) is 2.63. The monoisotopic (exact) mass is 370 g/mol. The molecule has 26 heavy (non-hydrogen) atoms. The van der Waals surface area contributed by atoms with Crippen molar-refractivity contribution in [3.63, 3.8) is 0 Å². The maximum Gasteiger partial charge on any atom is 0.224 e. The third-order valence-electron chi connectivity index (χ3n) is 3.84. The molecule has 0 amide bonds. The zero-order valence-corrected chi connectivity index (χ0v) is 15.8. The molecule has 0 spiro atoms. The number of benzene rings is 1. The van der Waals surface area contributed by atoms with Gasteiger partial charge in [-0.3, -0.25) is 4.98 Å². The van der Waals surface area contributed by atoms with Crippen LogP contribution in [0, 0.1) is 6.92 Å². The molecule has 6 nitrogen and oxygen atoms in total. The summed E-state index contributed by atoms with van der Waals surface area (Å²) in [5.74, 6) is 1.49. The first kappa shape index (κ1) is 18.2. The summed E-state index contributed by atoms with van der Waals surface area (Å²) in [7, 11) is 0. The van der Waals surface area contributed by atoms with E-state index in [1.165, 1.54) is 0 Å². The first-order valence-corrected chi connectivity index (χ1v) is 9.15. The zero-order valence-electron chi connectivity index (χ0n) is 15.0. The molecule has 0 saturated carbocycles. The van der Waals surface area contributed by atoms with Crippen LogP contribution in [0.4, 0.5) is 17.5 Å². The number of hydrogen-bond acceptors (Lipinski definition) is 6. The number of fused-ring (bicyclic) bond motifs is 1. The Morgan fingerprint density at radius 1 is 0.962 bits per heavy atom. The third kappa shape index (κ3) is 4.73. The van der Waals surface area contributed by atoms with Crippen molar-refractivity contribution >= 4 is 40.0 Å². The number of hydrogen-bond donors (Lipinski definition) is 3. The number of rotatable bonds is 8. The van der Waals surface area contributed by atoms with Crippen molar-refractivity contribution in [2.24, 2.45) is 0 Å². The van der Waals surface area contributed by atoms with E-state index in [2.05, 4.69) is 37.8 Å². The van der Waals surface area contributed by atoms with Gasteiger partial charge in [0.25, 0.3) is 0 Å². The number of anilines is 3. The lowest BCUT2D eigenvalue weighted by Crippen LogP contribution is -2.15. The highest BCUT2D eigenvalue weighted by molar-refractivity contribution is 6.31. The highest BCUT2D eigenvalue weighted by Crippen LogP contribution is 2.24. The Balaban J connectivity index is 1.58. The normalized spacial score (nSPS) is 10.7. The summed E-state index contributed by atoms with van der Waals surface area (Å²) >= 11 is 6.04. The second-order valence-corrected chi connectivity index (χ2v) is 6.45. The Morgan fingerprint density at radius 3 is 2.65 bits per heavy atom. The molecule has 0 fully saturated rings. The molecule has 7 heteroatoms. The van der Waals surface area contributed by atoms with Gasteiger partial charge < -0.3 is 16.0 Å². The molecular weight excluding hydrogens is 348 g/mol. The lowest BCUT2D eigenvalue weighted by atomic mass is 10.2. The number of pyridine rings is 1. The van der Waals surface area contributed by atoms with Crippen LogP contribution in [0.15, 0.2) is 36.5 Å². The lowest BCUT2D eigenvalue weighted by Gasteiger charge is -2.12. The fourth-order valence-electron chi connectivity index (χ4n) is 2.64. The lowest BCUT2D eigenvalue weighted by molar-refractivity contribution is 0.943. The summed E-state index contributed by atoms with van der Waals surface area (Å²) in [5.41, 5.74) is 2.86. The van der Waals surface area contributed by atoms with E-state index in [0.717, 1.165) is 54.2 Å². The number of aromatic nitrogens is 3. The van der Waals surface area contributed by atoms with Crippen LogP contribution in [0.1, 0.15) is 19.0 Å². The summed E-state index contributed by atoms with van der Waals surface area (Å²) in [6.07, 6.45) is 2.82. The second kappa shape index (κ2) is 8.67. The number of halogens is 1. The summed E-state index contributed by atoms with van der Waals surface area (Å²) in [4.78, 5) is 13.2. The molecule has 0 radical (unpaired) electrons. The molecule has 2 heterocycles. The van der Waals surface area contributed by atoms with E-state index in [0.29, 0.717) is 11.0 Å². The Bertz CT molecular complexity index is 883. The molecule has 3 rings (SSSR count). The molecule has 3 N–H and O–H groups in total. The van der Waals surface area contributed by atoms with Gasteiger partial charge in [-0.2, -0.15) is 4.98 Å². The topological polar surface area (TPSA) is 74.8 Å². The fourth-order valence-corrected chi connectivity index (χ4v) is 2.80. The summed E-state index contributed by atoms with van der Waals surface area (Å²) < 4.78 is 0. The summed E-state index contributed by atoms with van der Waals surface area (Å²) in [6.45, 7) is 6.44. The molecule has 0 aliphatic carbocycles. The van der Waals surface area contributed by atoms with Gasteiger partial charge in [0, 0.05) is 53.7 Å². The molecule has 0 unspecified atom stereocenters. The van der Waals surface area contributed by atoms with Crippen molar-refractivity contribution in [3.05, 3.63) is 47.2 Å². The van der Waals surface area contributed by atoms with Crippen molar-refractivity contribution in [3.8, 4) is 0 Å². The van der Waals surface area contributed by atoms with Gasteiger partial charge in [-0.15, -0.1) is 0 Å². The predicted octanol–water partition coefficient (Wildman–Crippen LogP) is 4.33. The Labute approximate surface area is 158 Å². The van der Waals surface area contributed by atoms with E-state index in [-0.39, 0.29) is 0 Å². The third-order valence-corrected chi connectivity index (χ3v) is 4.07. The fraction of sp³-hybridized carbons (Fsp3) is 0.316. The predicted molar refractivity (Wildman–Crippen MR) is 109 cm³/mol. The summed E-state index contributed by atoms with van der Waals surface area (Å²) in [5, 5.41) is 11.7. The van der Waals surface area contributed by atoms with E-state index in [1.807, 2.05) is 37.3 Å². The Kier molecular flexibility index (Phi) is 6.07. The highest BCUT2D eigenvalue weighted by Gasteiger charge is 2.03. The first-order chi connectivity index (χ1) is 12.7. The second-order valence-electron chi connectivity index (χ2n) is 6.02. The van der Waals surface area contributed by atoms with Crippen LogP contribution in [-0.2, 0) is 0 Å². The number of nitrogens with zero attached hydrogens (tertiary/aromatic N) is 3. The zero-order chi connectivity index (χ0) is 18.4. The molecule has 136 valence electrons. The van der Waals surface area contributed by atoms with E-state index in [4.69, 9.17) is 11.6 Å². The standard InChI is InChI=1S/C19H23ClN6/c1-3-7-24-19-25-13(2)11-18(26-19)23-10-9-22-16-6-8-21-17-12-14(20)4-5-15(16)17/h4-6,8,11-12H,3,7,9-10H2,1-2H3,(H,21,22)(H2,23,24,25,26). The number of nitrogens with one attached hydrogen (secondary N) is 3. The van der Waals surface area contributed by atoms with Crippen LogP contribution in [0.3, 0.4) is 0 Å². The van der Waals surface area contributed by atoms with Crippen molar-refractivity contribution in [2.45, 2.75) is 20.3 Å². The van der Waals surface area contributed by atoms with Crippen LogP contribution in [-0.4, -0.2) is 34.6 Å². The van der Waals surface area contributed by atoms with E-state index < -0.39 is 0 Å². The molecule has 2 aromatic heterocycles. The quantitative estimate of drug-likeness (QED) is 0.512. The average molecular weight is 371 g/mol. The SMILES string of the molecule is CCCNc1nc(C)cc(NCCNc2ccnc3cc(Cl)ccc23)n1. The highest BCUT2D eigenvalue weighted by atomic mass is 35.5. The van der Waals surface area contributed by atoms with Gasteiger partial charge in [-0.05, 0) is 37.6 Å². The van der Waals surface area contributed by atoms with Gasteiger partial charge in [0.05, 0.1) is 5.52 Å². The minimum Gasteiger partial charge on any atom is -0.383 e. The maximum absolute atomic E-state index is 6.04. The minimum atomic E-state index is 0.666. The molecule has 0 aliphatic rings. The Morgan fingerprint density at radius 2 is 1.81 bits per heavy atom. The van der Waals surface area contributed by atoms with E-state index in [9.17, 15) is 0 Å². The maximum atomic E-state index is 6.04. The molecule has 0 atom stereocenters. The van der Waals surface area contributed by atoms with Gasteiger partial charge in [-0.25, -0.2) is 4.98 Å². The van der Waals surface area contributed by atoms with Gasteiger partial charge in [-0.1, -0.05) is 18.5 Å². The molecule has 0 saturated heterocycles.